The molecule has 0 saturated heterocycles. The third-order valence-corrected chi connectivity index (χ3v) is 16.2. The largest absolute Gasteiger partial charge is 0.398 e. The van der Waals surface area contributed by atoms with Gasteiger partial charge in [-0.25, -0.2) is 5.09 Å². The summed E-state index contributed by atoms with van der Waals surface area (Å²) < 4.78 is 23.3. The van der Waals surface area contributed by atoms with E-state index in [0.717, 1.165) is 16.7 Å². The Morgan fingerprint density at radius 3 is 1.73 bits per heavy atom. The number of amides is 1. The van der Waals surface area contributed by atoms with Gasteiger partial charge in [-0.1, -0.05) is 117 Å². The Morgan fingerprint density at radius 2 is 1.29 bits per heavy atom. The SMILES string of the molecule is CCN(CC)C(=O)[C@@](O[Si](C)(C)C(C)(C)C)(c1ccccc1)[C@H](NP(=O)(c1ccccc1)c1ccccc1)c1cccc(C)c1. The van der Waals surface area contributed by atoms with Gasteiger partial charge in [-0.15, -0.1) is 0 Å². The van der Waals surface area contributed by atoms with Gasteiger partial charge in [-0.3, -0.25) is 9.36 Å². The van der Waals surface area contributed by atoms with Crippen molar-refractivity contribution < 1.29 is 13.8 Å². The minimum Gasteiger partial charge on any atom is -0.398 e. The predicted octanol–water partition coefficient (Wildman–Crippen LogP) is 8.34. The van der Waals surface area contributed by atoms with E-state index in [1.807, 2.05) is 135 Å². The fourth-order valence-corrected chi connectivity index (χ4v) is 9.48. The number of hydrogen-bond acceptors (Lipinski definition) is 3. The zero-order chi connectivity index (χ0) is 32.9. The summed E-state index contributed by atoms with van der Waals surface area (Å²) in [6.07, 6.45) is 0. The number of carbonyl (C=O) groups is 1. The second kappa shape index (κ2) is 14.0. The van der Waals surface area contributed by atoms with Crippen LogP contribution < -0.4 is 15.7 Å². The van der Waals surface area contributed by atoms with Crippen LogP contribution in [0.3, 0.4) is 0 Å². The third kappa shape index (κ3) is 7.10. The van der Waals surface area contributed by atoms with Crippen molar-refractivity contribution in [2.45, 2.75) is 71.3 Å². The molecule has 1 N–H and O–H groups in total. The number of hydrogen-bond donors (Lipinski definition) is 1. The second-order valence-corrected chi connectivity index (χ2v) is 20.4. The first kappa shape index (κ1) is 34.6. The summed E-state index contributed by atoms with van der Waals surface area (Å²) in [7, 11) is -6.23. The average Bonchev–Trinajstić information content (AvgIpc) is 3.03. The van der Waals surface area contributed by atoms with Crippen LogP contribution >= 0.6 is 7.29 Å². The standard InChI is InChI=1S/C38H49N2O3PSi/c1-9-40(10-2)36(41)38(32-23-14-11-15-24-32,43-45(7,8)37(4,5)6)35(31-22-20-21-30(3)29-31)39-44(42,33-25-16-12-17-26-33)34-27-18-13-19-28-34/h11-29,35H,9-10H2,1-8H3,(H,39,42)/t35-,38-/m1/s1. The maximum Gasteiger partial charge on any atom is 0.260 e. The molecule has 5 nitrogen and oxygen atoms in total. The Balaban J connectivity index is 2.16. The Morgan fingerprint density at radius 1 is 0.800 bits per heavy atom. The molecular weight excluding hydrogens is 591 g/mol. The molecule has 0 spiro atoms. The fraction of sp³-hybridized carbons (Fsp3) is 0.342. The number of rotatable bonds is 12. The van der Waals surface area contributed by atoms with Gasteiger partial charge in [0.2, 0.25) is 7.29 Å². The molecule has 0 bridgehead atoms. The van der Waals surface area contributed by atoms with E-state index < -0.39 is 27.3 Å². The molecule has 0 aliphatic carbocycles. The molecule has 4 aromatic carbocycles. The third-order valence-electron chi connectivity index (χ3n) is 9.13. The van der Waals surface area contributed by atoms with Gasteiger partial charge in [0.1, 0.15) is 0 Å². The number of aryl methyl sites for hydroxylation is 1. The van der Waals surface area contributed by atoms with E-state index in [2.05, 4.69) is 45.0 Å². The van der Waals surface area contributed by atoms with E-state index >= 15 is 9.36 Å². The lowest BCUT2D eigenvalue weighted by Crippen LogP contribution is -2.61. The zero-order valence-electron chi connectivity index (χ0n) is 28.1. The van der Waals surface area contributed by atoms with Crippen LogP contribution in [0.2, 0.25) is 18.1 Å². The van der Waals surface area contributed by atoms with Gasteiger partial charge in [-0.2, -0.15) is 0 Å². The Labute approximate surface area is 271 Å². The monoisotopic (exact) mass is 640 g/mol. The van der Waals surface area contributed by atoms with E-state index in [4.69, 9.17) is 4.43 Å². The molecule has 0 fully saturated rings. The molecule has 238 valence electrons. The summed E-state index contributed by atoms with van der Waals surface area (Å²) in [5.41, 5.74) is 1.07. The van der Waals surface area contributed by atoms with E-state index in [1.165, 1.54) is 0 Å². The summed E-state index contributed by atoms with van der Waals surface area (Å²) in [4.78, 5) is 17.2. The summed E-state index contributed by atoms with van der Waals surface area (Å²) in [6.45, 7) is 18.0. The molecule has 1 amide bonds. The highest BCUT2D eigenvalue weighted by Gasteiger charge is 2.57. The van der Waals surface area contributed by atoms with Gasteiger partial charge >= 0.3 is 0 Å². The number of likely N-dealkylation sites (N-methyl/N-ethyl adjacent to an activating group) is 1. The molecule has 0 aliphatic heterocycles. The van der Waals surface area contributed by atoms with Crippen molar-refractivity contribution >= 4 is 32.1 Å². The topological polar surface area (TPSA) is 58.6 Å². The number of nitrogens with one attached hydrogen (secondary N) is 1. The Bertz CT molecular complexity index is 1560. The zero-order valence-corrected chi connectivity index (χ0v) is 30.0. The van der Waals surface area contributed by atoms with Gasteiger partial charge in [0.15, 0.2) is 13.9 Å². The number of carbonyl (C=O) groups excluding carboxylic acids is 1. The normalized spacial score (nSPS) is 14.4. The fourth-order valence-electron chi connectivity index (χ4n) is 5.57. The maximum atomic E-state index is 15.8. The van der Waals surface area contributed by atoms with Crippen LogP contribution in [-0.2, 0) is 19.4 Å². The molecule has 0 saturated carbocycles. The van der Waals surface area contributed by atoms with Gasteiger partial charge in [-0.05, 0) is 74.3 Å². The van der Waals surface area contributed by atoms with Crippen molar-refractivity contribution in [2.24, 2.45) is 0 Å². The van der Waals surface area contributed by atoms with Crippen molar-refractivity contribution in [3.8, 4) is 0 Å². The lowest BCUT2D eigenvalue weighted by molar-refractivity contribution is -0.153. The quantitative estimate of drug-likeness (QED) is 0.125. The molecule has 4 aromatic rings. The van der Waals surface area contributed by atoms with Crippen molar-refractivity contribution in [1.29, 1.82) is 0 Å². The Hall–Kier alpha value is -3.28. The van der Waals surface area contributed by atoms with Crippen molar-refractivity contribution in [3.63, 3.8) is 0 Å². The van der Waals surface area contributed by atoms with Crippen LogP contribution in [0.4, 0.5) is 0 Å². The molecule has 0 aromatic heterocycles. The molecular formula is C38H49N2O3PSi. The molecule has 0 aliphatic rings. The van der Waals surface area contributed by atoms with Gasteiger partial charge in [0.25, 0.3) is 5.91 Å². The van der Waals surface area contributed by atoms with E-state index in [-0.39, 0.29) is 10.9 Å². The van der Waals surface area contributed by atoms with Crippen molar-refractivity contribution in [2.75, 3.05) is 13.1 Å². The van der Waals surface area contributed by atoms with E-state index in [0.29, 0.717) is 23.7 Å². The molecule has 4 rings (SSSR count). The highest BCUT2D eigenvalue weighted by Crippen LogP contribution is 2.52. The van der Waals surface area contributed by atoms with Gasteiger partial charge < -0.3 is 9.33 Å². The van der Waals surface area contributed by atoms with Crippen molar-refractivity contribution in [1.82, 2.24) is 9.99 Å². The Kier molecular flexibility index (Phi) is 10.8. The highest BCUT2D eigenvalue weighted by atomic mass is 31.2. The molecule has 45 heavy (non-hydrogen) atoms. The lowest BCUT2D eigenvalue weighted by Gasteiger charge is -2.50. The predicted molar refractivity (Wildman–Crippen MR) is 191 cm³/mol. The molecule has 7 heteroatoms. The van der Waals surface area contributed by atoms with E-state index in [1.54, 1.807) is 0 Å². The first-order valence-corrected chi connectivity index (χ1v) is 20.5. The van der Waals surface area contributed by atoms with Gasteiger partial charge in [0, 0.05) is 23.7 Å². The summed E-state index contributed by atoms with van der Waals surface area (Å²) >= 11 is 0. The minimum absolute atomic E-state index is 0.143. The number of benzene rings is 4. The molecule has 2 atom stereocenters. The van der Waals surface area contributed by atoms with Gasteiger partial charge in [0.05, 0.1) is 6.04 Å². The van der Waals surface area contributed by atoms with Crippen LogP contribution in [0, 0.1) is 6.92 Å². The van der Waals surface area contributed by atoms with Crippen LogP contribution in [0.5, 0.6) is 0 Å². The first-order valence-electron chi connectivity index (χ1n) is 15.9. The summed E-state index contributed by atoms with van der Waals surface area (Å²) in [5, 5.41) is 4.83. The molecule has 0 unspecified atom stereocenters. The smallest absolute Gasteiger partial charge is 0.260 e. The first-order chi connectivity index (χ1) is 21.3. The van der Waals surface area contributed by atoms with Crippen LogP contribution in [0.1, 0.15) is 57.4 Å². The molecule has 0 heterocycles. The second-order valence-electron chi connectivity index (χ2n) is 13.2. The number of nitrogens with zero attached hydrogens (tertiary/aromatic N) is 1. The average molecular weight is 641 g/mol. The maximum absolute atomic E-state index is 15.8. The van der Waals surface area contributed by atoms with Crippen LogP contribution in [0.15, 0.2) is 115 Å². The summed E-state index contributed by atoms with van der Waals surface area (Å²) in [6, 6.07) is 36.3. The minimum atomic E-state index is -3.56. The molecule has 0 radical (unpaired) electrons. The summed E-state index contributed by atoms with van der Waals surface area (Å²) in [5.74, 6) is -0.143. The van der Waals surface area contributed by atoms with Crippen molar-refractivity contribution in [3.05, 3.63) is 132 Å². The lowest BCUT2D eigenvalue weighted by atomic mass is 9.81. The van der Waals surface area contributed by atoms with Crippen LogP contribution in [-0.4, -0.2) is 32.2 Å². The van der Waals surface area contributed by atoms with E-state index in [9.17, 15) is 0 Å². The van der Waals surface area contributed by atoms with Crippen LogP contribution in [0.25, 0.3) is 0 Å². The highest BCUT2D eigenvalue weighted by molar-refractivity contribution is 7.76.